The van der Waals surface area contributed by atoms with Crippen LogP contribution in [-0.2, 0) is 6.54 Å². The van der Waals surface area contributed by atoms with Crippen molar-refractivity contribution in [3.8, 4) is 0 Å². The van der Waals surface area contributed by atoms with Gasteiger partial charge >= 0.3 is 0 Å². The smallest absolute Gasteiger partial charge is 0.0490 e. The first-order chi connectivity index (χ1) is 6.83. The molecule has 0 aliphatic carbocycles. The van der Waals surface area contributed by atoms with Gasteiger partial charge in [0.25, 0.3) is 0 Å². The van der Waals surface area contributed by atoms with Crippen LogP contribution in [0.3, 0.4) is 0 Å². The first-order valence-electron chi connectivity index (χ1n) is 5.25. The third-order valence-corrected chi connectivity index (χ3v) is 2.08. The van der Waals surface area contributed by atoms with Crippen molar-refractivity contribution in [1.29, 1.82) is 0 Å². The molecule has 4 heteroatoms. The van der Waals surface area contributed by atoms with Gasteiger partial charge in [-0.15, -0.1) is 0 Å². The van der Waals surface area contributed by atoms with Crippen LogP contribution in [0.4, 0.5) is 0 Å². The summed E-state index contributed by atoms with van der Waals surface area (Å²) >= 11 is 0. The van der Waals surface area contributed by atoms with Crippen molar-refractivity contribution in [2.45, 2.75) is 32.9 Å². The lowest BCUT2D eigenvalue weighted by Crippen LogP contribution is -2.36. The van der Waals surface area contributed by atoms with Crippen LogP contribution in [0.25, 0.3) is 0 Å². The minimum atomic E-state index is 0.491. The number of nitrogens with one attached hydrogen (secondary N) is 3. The molecule has 0 aliphatic rings. The number of H-pyrrole nitrogens is 1. The van der Waals surface area contributed by atoms with E-state index in [-0.39, 0.29) is 0 Å². The van der Waals surface area contributed by atoms with Crippen LogP contribution in [-0.4, -0.2) is 29.3 Å². The molecule has 0 saturated carbocycles. The van der Waals surface area contributed by atoms with E-state index in [1.54, 1.807) is 6.20 Å². The number of nitrogens with zero attached hydrogens (tertiary/aromatic N) is 1. The summed E-state index contributed by atoms with van der Waals surface area (Å²) in [5.41, 5.74) is 1.13. The Morgan fingerprint density at radius 2 is 2.43 bits per heavy atom. The Labute approximate surface area is 85.5 Å². The van der Waals surface area contributed by atoms with Gasteiger partial charge in [0.15, 0.2) is 0 Å². The summed E-state index contributed by atoms with van der Waals surface area (Å²) in [4.78, 5) is 0. The second-order valence-electron chi connectivity index (χ2n) is 3.57. The molecular weight excluding hydrogens is 176 g/mol. The standard InChI is InChI=1S/C10H20N4/c1-3-5-11-7-9(2)12-8-10-4-6-13-14-10/h4,6,9,11-12H,3,5,7-8H2,1-2H3,(H,13,14). The number of hydrogen-bond acceptors (Lipinski definition) is 3. The molecule has 0 fully saturated rings. The summed E-state index contributed by atoms with van der Waals surface area (Å²) in [6.07, 6.45) is 2.96. The van der Waals surface area contributed by atoms with Crippen molar-refractivity contribution in [3.05, 3.63) is 18.0 Å². The number of aromatic amines is 1. The highest BCUT2D eigenvalue weighted by Crippen LogP contribution is 1.91. The number of aromatic nitrogens is 2. The summed E-state index contributed by atoms with van der Waals surface area (Å²) < 4.78 is 0. The van der Waals surface area contributed by atoms with Crippen LogP contribution >= 0.6 is 0 Å². The normalized spacial score (nSPS) is 13.0. The molecule has 1 aromatic heterocycles. The van der Waals surface area contributed by atoms with Crippen LogP contribution < -0.4 is 10.6 Å². The molecule has 1 heterocycles. The average Bonchev–Trinajstić information content (AvgIpc) is 2.68. The first-order valence-corrected chi connectivity index (χ1v) is 5.25. The lowest BCUT2D eigenvalue weighted by molar-refractivity contribution is 0.497. The Balaban J connectivity index is 2.06. The minimum absolute atomic E-state index is 0.491. The lowest BCUT2D eigenvalue weighted by Gasteiger charge is -2.13. The summed E-state index contributed by atoms with van der Waals surface area (Å²) in [6, 6.07) is 2.48. The predicted molar refractivity (Wildman–Crippen MR) is 58.1 cm³/mol. The number of hydrogen-bond donors (Lipinski definition) is 3. The van der Waals surface area contributed by atoms with Crippen LogP contribution in [0, 0.1) is 0 Å². The zero-order valence-electron chi connectivity index (χ0n) is 9.01. The SMILES string of the molecule is CCCNCC(C)NCc1ccn[nH]1. The highest BCUT2D eigenvalue weighted by atomic mass is 15.1. The van der Waals surface area contributed by atoms with Gasteiger partial charge in [-0.3, -0.25) is 5.10 Å². The molecule has 3 N–H and O–H groups in total. The van der Waals surface area contributed by atoms with Gasteiger partial charge in [-0.25, -0.2) is 0 Å². The van der Waals surface area contributed by atoms with E-state index in [4.69, 9.17) is 0 Å². The lowest BCUT2D eigenvalue weighted by atomic mass is 10.3. The van der Waals surface area contributed by atoms with E-state index in [1.165, 1.54) is 6.42 Å². The van der Waals surface area contributed by atoms with Crippen LogP contribution in [0.5, 0.6) is 0 Å². The zero-order valence-corrected chi connectivity index (χ0v) is 9.01. The molecule has 0 aromatic carbocycles. The fourth-order valence-electron chi connectivity index (χ4n) is 1.23. The second-order valence-corrected chi connectivity index (χ2v) is 3.57. The van der Waals surface area contributed by atoms with Gasteiger partial charge in [-0.2, -0.15) is 5.10 Å². The Morgan fingerprint density at radius 1 is 1.57 bits per heavy atom. The van der Waals surface area contributed by atoms with Crippen LogP contribution in [0.2, 0.25) is 0 Å². The Hall–Kier alpha value is -0.870. The Kier molecular flexibility index (Phi) is 5.25. The van der Waals surface area contributed by atoms with Gasteiger partial charge in [0.1, 0.15) is 0 Å². The summed E-state index contributed by atoms with van der Waals surface area (Å²) in [5, 5.41) is 13.6. The molecular formula is C10H20N4. The van der Waals surface area contributed by atoms with Gasteiger partial charge in [-0.1, -0.05) is 6.92 Å². The molecule has 1 rings (SSSR count). The van der Waals surface area contributed by atoms with Gasteiger partial charge < -0.3 is 10.6 Å². The van der Waals surface area contributed by atoms with E-state index in [2.05, 4.69) is 34.7 Å². The molecule has 0 spiro atoms. The summed E-state index contributed by atoms with van der Waals surface area (Å²) in [7, 11) is 0. The fraction of sp³-hybridized carbons (Fsp3) is 0.700. The third kappa shape index (κ3) is 4.39. The monoisotopic (exact) mass is 196 g/mol. The molecule has 4 nitrogen and oxygen atoms in total. The molecule has 1 atom stereocenters. The van der Waals surface area contributed by atoms with E-state index < -0.39 is 0 Å². The highest BCUT2D eigenvalue weighted by Gasteiger charge is 2.00. The molecule has 0 radical (unpaired) electrons. The van der Waals surface area contributed by atoms with Gasteiger partial charge in [0.05, 0.1) is 0 Å². The van der Waals surface area contributed by atoms with Gasteiger partial charge in [0, 0.05) is 31.0 Å². The van der Waals surface area contributed by atoms with E-state index in [9.17, 15) is 0 Å². The van der Waals surface area contributed by atoms with Crippen molar-refractivity contribution >= 4 is 0 Å². The molecule has 0 amide bonds. The maximum absolute atomic E-state index is 3.89. The molecule has 0 aliphatic heterocycles. The van der Waals surface area contributed by atoms with E-state index in [0.717, 1.165) is 25.3 Å². The quantitative estimate of drug-likeness (QED) is 0.568. The first kappa shape index (κ1) is 11.2. The predicted octanol–water partition coefficient (Wildman–Crippen LogP) is 0.887. The second kappa shape index (κ2) is 6.56. The molecule has 1 unspecified atom stereocenters. The maximum atomic E-state index is 3.89. The number of rotatable bonds is 7. The fourth-order valence-corrected chi connectivity index (χ4v) is 1.23. The van der Waals surface area contributed by atoms with Gasteiger partial charge in [-0.05, 0) is 26.0 Å². The van der Waals surface area contributed by atoms with Crippen molar-refractivity contribution in [2.75, 3.05) is 13.1 Å². The molecule has 80 valence electrons. The maximum Gasteiger partial charge on any atom is 0.0490 e. The summed E-state index contributed by atoms with van der Waals surface area (Å²) in [5.74, 6) is 0. The molecule has 1 aromatic rings. The average molecular weight is 196 g/mol. The van der Waals surface area contributed by atoms with Crippen molar-refractivity contribution in [2.24, 2.45) is 0 Å². The largest absolute Gasteiger partial charge is 0.315 e. The van der Waals surface area contributed by atoms with Crippen LogP contribution in [0.15, 0.2) is 12.3 Å². The van der Waals surface area contributed by atoms with Crippen molar-refractivity contribution in [1.82, 2.24) is 20.8 Å². The minimum Gasteiger partial charge on any atom is -0.315 e. The Bertz CT molecular complexity index is 220. The zero-order chi connectivity index (χ0) is 10.2. The molecule has 14 heavy (non-hydrogen) atoms. The molecule has 0 bridgehead atoms. The molecule has 0 saturated heterocycles. The van der Waals surface area contributed by atoms with Crippen molar-refractivity contribution < 1.29 is 0 Å². The van der Waals surface area contributed by atoms with E-state index in [0.29, 0.717) is 6.04 Å². The topological polar surface area (TPSA) is 52.7 Å². The van der Waals surface area contributed by atoms with E-state index in [1.807, 2.05) is 6.07 Å². The van der Waals surface area contributed by atoms with Crippen molar-refractivity contribution in [3.63, 3.8) is 0 Å². The highest BCUT2D eigenvalue weighted by molar-refractivity contribution is 4.96. The van der Waals surface area contributed by atoms with Gasteiger partial charge in [0.2, 0.25) is 0 Å². The Morgan fingerprint density at radius 3 is 3.07 bits per heavy atom. The summed E-state index contributed by atoms with van der Waals surface area (Å²) in [6.45, 7) is 7.32. The third-order valence-electron chi connectivity index (χ3n) is 2.08. The van der Waals surface area contributed by atoms with Crippen LogP contribution in [0.1, 0.15) is 26.0 Å². The van der Waals surface area contributed by atoms with E-state index >= 15 is 0 Å².